The Labute approximate surface area is 90.3 Å². The normalized spacial score (nSPS) is 9.77. The maximum Gasteiger partial charge on any atom is 0.239 e. The van der Waals surface area contributed by atoms with Crippen LogP contribution in [-0.4, -0.2) is 12.9 Å². The summed E-state index contributed by atoms with van der Waals surface area (Å²) in [6, 6.07) is 2.96. The first kappa shape index (κ1) is 10.6. The molecule has 13 heavy (non-hydrogen) atoms. The molecule has 0 amide bonds. The fraction of sp³-hybridized carbons (Fsp3) is 0.125. The average molecular weight is 238 g/mol. The van der Waals surface area contributed by atoms with Crippen molar-refractivity contribution >= 4 is 41.1 Å². The SMILES string of the molecule is O=[C]COc1c(Cl)cc(Cl)cc1Cl. The van der Waals surface area contributed by atoms with E-state index >= 15 is 0 Å². The zero-order valence-corrected chi connectivity index (χ0v) is 8.58. The third-order valence-corrected chi connectivity index (χ3v) is 2.02. The van der Waals surface area contributed by atoms with Crippen LogP contribution < -0.4 is 4.74 Å². The van der Waals surface area contributed by atoms with Gasteiger partial charge in [-0.1, -0.05) is 34.8 Å². The molecule has 0 fully saturated rings. The minimum absolute atomic E-state index is 0.207. The number of halogens is 3. The predicted molar refractivity (Wildman–Crippen MR) is 52.7 cm³/mol. The van der Waals surface area contributed by atoms with Crippen molar-refractivity contribution in [2.24, 2.45) is 0 Å². The Morgan fingerprint density at radius 3 is 2.23 bits per heavy atom. The van der Waals surface area contributed by atoms with E-state index in [4.69, 9.17) is 39.5 Å². The first-order chi connectivity index (χ1) is 6.15. The van der Waals surface area contributed by atoms with Gasteiger partial charge in [-0.2, -0.15) is 0 Å². The molecule has 2 nitrogen and oxygen atoms in total. The van der Waals surface area contributed by atoms with E-state index in [-0.39, 0.29) is 22.4 Å². The molecule has 0 unspecified atom stereocenters. The van der Waals surface area contributed by atoms with Gasteiger partial charge in [0.05, 0.1) is 10.0 Å². The number of benzene rings is 1. The quantitative estimate of drug-likeness (QED) is 0.809. The Bertz CT molecular complexity index is 302. The van der Waals surface area contributed by atoms with Crippen LogP contribution in [0.25, 0.3) is 0 Å². The van der Waals surface area contributed by atoms with Crippen molar-refractivity contribution in [1.82, 2.24) is 0 Å². The van der Waals surface area contributed by atoms with Crippen molar-refractivity contribution in [3.05, 3.63) is 27.2 Å². The zero-order valence-electron chi connectivity index (χ0n) is 6.31. The Balaban J connectivity index is 2.98. The molecule has 0 aliphatic carbocycles. The number of carbonyl (C=O) groups excluding carboxylic acids is 1. The molecule has 0 N–H and O–H groups in total. The molecule has 0 aromatic heterocycles. The molecule has 0 spiro atoms. The second-order valence-corrected chi connectivity index (χ2v) is 3.38. The lowest BCUT2D eigenvalue weighted by atomic mass is 10.3. The third kappa shape index (κ3) is 2.76. The van der Waals surface area contributed by atoms with Gasteiger partial charge in [-0.05, 0) is 12.1 Å². The van der Waals surface area contributed by atoms with E-state index in [9.17, 15) is 4.79 Å². The Morgan fingerprint density at radius 1 is 1.23 bits per heavy atom. The minimum atomic E-state index is -0.207. The summed E-state index contributed by atoms with van der Waals surface area (Å²) in [4.78, 5) is 9.91. The summed E-state index contributed by atoms with van der Waals surface area (Å²) in [5.41, 5.74) is 0. The molecule has 0 aliphatic rings. The highest BCUT2D eigenvalue weighted by Gasteiger charge is 2.08. The maximum absolute atomic E-state index is 9.91. The molecule has 0 aliphatic heterocycles. The number of hydrogen-bond donors (Lipinski definition) is 0. The largest absolute Gasteiger partial charge is 0.482 e. The van der Waals surface area contributed by atoms with Crippen molar-refractivity contribution in [3.8, 4) is 5.75 Å². The van der Waals surface area contributed by atoms with Gasteiger partial charge in [-0.3, -0.25) is 4.79 Å². The van der Waals surface area contributed by atoms with Gasteiger partial charge in [-0.25, -0.2) is 0 Å². The van der Waals surface area contributed by atoms with Crippen LogP contribution in [0.1, 0.15) is 0 Å². The first-order valence-electron chi connectivity index (χ1n) is 3.27. The highest BCUT2D eigenvalue weighted by molar-refractivity contribution is 6.40. The standard InChI is InChI=1S/C8H4Cl3O2/c9-5-3-6(10)8(7(11)4-5)13-2-1-12/h3-4H,2H2. The monoisotopic (exact) mass is 237 g/mol. The van der Waals surface area contributed by atoms with Crippen LogP contribution in [0.4, 0.5) is 0 Å². The average Bonchev–Trinajstić information content (AvgIpc) is 2.02. The summed E-state index contributed by atoms with van der Waals surface area (Å²) >= 11 is 17.1. The van der Waals surface area contributed by atoms with Crippen LogP contribution in [0.2, 0.25) is 15.1 Å². The van der Waals surface area contributed by atoms with E-state index in [1.54, 1.807) is 6.29 Å². The molecule has 1 rings (SSSR count). The third-order valence-electron chi connectivity index (χ3n) is 1.24. The molecule has 69 valence electrons. The van der Waals surface area contributed by atoms with Crippen molar-refractivity contribution in [2.45, 2.75) is 0 Å². The fourth-order valence-corrected chi connectivity index (χ4v) is 1.69. The van der Waals surface area contributed by atoms with E-state index in [1.165, 1.54) is 12.1 Å². The summed E-state index contributed by atoms with van der Waals surface area (Å²) in [6.07, 6.45) is 1.56. The van der Waals surface area contributed by atoms with Gasteiger partial charge in [0.1, 0.15) is 0 Å². The van der Waals surface area contributed by atoms with E-state index in [0.717, 1.165) is 0 Å². The lowest BCUT2D eigenvalue weighted by Crippen LogP contribution is -1.98. The zero-order chi connectivity index (χ0) is 9.84. The molecule has 0 saturated heterocycles. The fourth-order valence-electron chi connectivity index (χ4n) is 0.768. The van der Waals surface area contributed by atoms with Gasteiger partial charge in [0.15, 0.2) is 12.4 Å². The summed E-state index contributed by atoms with van der Waals surface area (Å²) in [5.74, 6) is 0.246. The van der Waals surface area contributed by atoms with Gasteiger partial charge in [0, 0.05) is 5.02 Å². The van der Waals surface area contributed by atoms with Crippen LogP contribution >= 0.6 is 34.8 Å². The van der Waals surface area contributed by atoms with E-state index < -0.39 is 0 Å². The molecule has 5 heteroatoms. The van der Waals surface area contributed by atoms with Crippen LogP contribution in [-0.2, 0) is 4.79 Å². The van der Waals surface area contributed by atoms with Gasteiger partial charge in [0.2, 0.25) is 6.29 Å². The van der Waals surface area contributed by atoms with Gasteiger partial charge in [-0.15, -0.1) is 0 Å². The lowest BCUT2D eigenvalue weighted by molar-refractivity contribution is 0.365. The van der Waals surface area contributed by atoms with Gasteiger partial charge >= 0.3 is 0 Å². The minimum Gasteiger partial charge on any atom is -0.482 e. The summed E-state index contributed by atoms with van der Waals surface area (Å²) in [6.45, 7) is -0.207. The Hall–Kier alpha value is -0.440. The number of hydrogen-bond acceptors (Lipinski definition) is 2. The summed E-state index contributed by atoms with van der Waals surface area (Å²) < 4.78 is 4.93. The van der Waals surface area contributed by atoms with Gasteiger partial charge < -0.3 is 4.74 Å². The molecule has 1 aromatic rings. The van der Waals surface area contributed by atoms with E-state index in [0.29, 0.717) is 5.02 Å². The van der Waals surface area contributed by atoms with Crippen LogP contribution in [0.3, 0.4) is 0 Å². The molecular formula is C8H4Cl3O2. The Kier molecular flexibility index (Phi) is 3.85. The second-order valence-electron chi connectivity index (χ2n) is 2.13. The topological polar surface area (TPSA) is 26.3 Å². The van der Waals surface area contributed by atoms with Gasteiger partial charge in [0.25, 0.3) is 0 Å². The van der Waals surface area contributed by atoms with E-state index in [2.05, 4.69) is 0 Å². The van der Waals surface area contributed by atoms with Crippen LogP contribution in [0, 0.1) is 0 Å². The van der Waals surface area contributed by atoms with Crippen molar-refractivity contribution in [3.63, 3.8) is 0 Å². The number of ether oxygens (including phenoxy) is 1. The molecule has 0 heterocycles. The second kappa shape index (κ2) is 4.70. The van der Waals surface area contributed by atoms with E-state index in [1.807, 2.05) is 0 Å². The summed E-state index contributed by atoms with van der Waals surface area (Å²) in [5, 5.41) is 0.956. The van der Waals surface area contributed by atoms with Crippen molar-refractivity contribution < 1.29 is 9.53 Å². The Morgan fingerprint density at radius 2 is 1.77 bits per heavy atom. The molecule has 0 atom stereocenters. The highest BCUT2D eigenvalue weighted by atomic mass is 35.5. The molecular weight excluding hydrogens is 234 g/mol. The van der Waals surface area contributed by atoms with Crippen molar-refractivity contribution in [1.29, 1.82) is 0 Å². The highest BCUT2D eigenvalue weighted by Crippen LogP contribution is 2.35. The summed E-state index contributed by atoms with van der Waals surface area (Å²) in [7, 11) is 0. The maximum atomic E-state index is 9.91. The molecule has 0 bridgehead atoms. The molecule has 0 saturated carbocycles. The first-order valence-corrected chi connectivity index (χ1v) is 4.41. The molecule has 1 radical (unpaired) electrons. The van der Waals surface area contributed by atoms with Crippen LogP contribution in [0.15, 0.2) is 12.1 Å². The number of rotatable bonds is 3. The van der Waals surface area contributed by atoms with Crippen molar-refractivity contribution in [2.75, 3.05) is 6.61 Å². The van der Waals surface area contributed by atoms with Crippen LogP contribution in [0.5, 0.6) is 5.75 Å². The lowest BCUT2D eigenvalue weighted by Gasteiger charge is -2.06. The molecule has 1 aromatic carbocycles. The predicted octanol–water partition coefficient (Wildman–Crippen LogP) is 3.14. The smallest absolute Gasteiger partial charge is 0.239 e.